The average Bonchev–Trinajstić information content (AvgIpc) is 3.37. The molecule has 0 atom stereocenters. The minimum absolute atomic E-state index is 0.413. The summed E-state index contributed by atoms with van der Waals surface area (Å²) >= 11 is 1.26. The number of hydrogen-bond acceptors (Lipinski definition) is 6. The quantitative estimate of drug-likeness (QED) is 0.717. The Morgan fingerprint density at radius 1 is 1.20 bits per heavy atom. The van der Waals surface area contributed by atoms with Gasteiger partial charge in [0.2, 0.25) is 5.76 Å². The third-order valence-corrected chi connectivity index (χ3v) is 7.54. The Balaban J connectivity index is 1.36. The predicted octanol–water partition coefficient (Wildman–Crippen LogP) is 1.09. The molecule has 3 aromatic heterocycles. The van der Waals surface area contributed by atoms with Crippen LogP contribution in [0.4, 0.5) is 0 Å². The van der Waals surface area contributed by atoms with Gasteiger partial charge in [-0.05, 0) is 23.6 Å². The van der Waals surface area contributed by atoms with E-state index in [0.717, 1.165) is 18.8 Å². The molecule has 0 radical (unpaired) electrons. The minimum Gasteiger partial charge on any atom is -0.461 e. The highest BCUT2D eigenvalue weighted by Gasteiger charge is 2.31. The smallest absolute Gasteiger partial charge is 0.252 e. The number of rotatable bonds is 5. The van der Waals surface area contributed by atoms with Gasteiger partial charge in [-0.2, -0.15) is 4.31 Å². The van der Waals surface area contributed by atoms with Gasteiger partial charge in [-0.25, -0.2) is 8.42 Å². The van der Waals surface area contributed by atoms with E-state index in [0.29, 0.717) is 35.4 Å². The largest absolute Gasteiger partial charge is 0.461 e. The van der Waals surface area contributed by atoms with Gasteiger partial charge in [-0.1, -0.05) is 11.2 Å². The van der Waals surface area contributed by atoms with Crippen molar-refractivity contribution in [1.82, 2.24) is 9.46 Å². The van der Waals surface area contributed by atoms with E-state index in [-0.39, 0.29) is 0 Å². The predicted molar refractivity (Wildman–Crippen MR) is 91.7 cm³/mol. The van der Waals surface area contributed by atoms with E-state index in [4.69, 9.17) is 8.94 Å². The third-order valence-electron chi connectivity index (χ3n) is 4.27. The number of quaternary nitrogens is 1. The Bertz CT molecular complexity index is 909. The van der Waals surface area contributed by atoms with E-state index < -0.39 is 10.0 Å². The first-order valence-electron chi connectivity index (χ1n) is 7.99. The fourth-order valence-corrected chi connectivity index (χ4v) is 5.53. The fourth-order valence-electron chi connectivity index (χ4n) is 2.94. The number of furan rings is 1. The summed E-state index contributed by atoms with van der Waals surface area (Å²) in [7, 11) is -3.35. The number of piperazine rings is 1. The molecule has 1 aliphatic rings. The van der Waals surface area contributed by atoms with Crippen LogP contribution in [0.5, 0.6) is 0 Å². The number of sulfonamides is 1. The highest BCUT2D eigenvalue weighted by molar-refractivity contribution is 7.91. The molecule has 0 unspecified atom stereocenters. The van der Waals surface area contributed by atoms with E-state index >= 15 is 0 Å². The van der Waals surface area contributed by atoms with Crippen LogP contribution in [0.25, 0.3) is 11.5 Å². The third kappa shape index (κ3) is 3.40. The zero-order chi connectivity index (χ0) is 17.3. The maximum Gasteiger partial charge on any atom is 0.252 e. The van der Waals surface area contributed by atoms with Crippen LogP contribution in [0.1, 0.15) is 5.69 Å². The monoisotopic (exact) mass is 380 g/mol. The molecule has 4 heterocycles. The molecule has 0 bridgehead atoms. The molecule has 1 aliphatic heterocycles. The van der Waals surface area contributed by atoms with Crippen molar-refractivity contribution in [3.05, 3.63) is 47.7 Å². The summed E-state index contributed by atoms with van der Waals surface area (Å²) in [5, 5.41) is 5.88. The zero-order valence-corrected chi connectivity index (χ0v) is 15.1. The molecule has 3 aromatic rings. The zero-order valence-electron chi connectivity index (χ0n) is 13.4. The molecule has 132 valence electrons. The first-order valence-corrected chi connectivity index (χ1v) is 10.3. The van der Waals surface area contributed by atoms with Gasteiger partial charge in [0.15, 0.2) is 5.76 Å². The minimum atomic E-state index is -3.35. The van der Waals surface area contributed by atoms with Crippen LogP contribution in [0, 0.1) is 0 Å². The number of hydrogen-bond donors (Lipinski definition) is 1. The van der Waals surface area contributed by atoms with Gasteiger partial charge in [0.1, 0.15) is 16.4 Å². The summed E-state index contributed by atoms with van der Waals surface area (Å²) in [5.74, 6) is 1.26. The molecule has 0 aromatic carbocycles. The second-order valence-electron chi connectivity index (χ2n) is 5.92. The molecule has 4 rings (SSSR count). The first kappa shape index (κ1) is 16.5. The van der Waals surface area contributed by atoms with Crippen LogP contribution in [-0.2, 0) is 16.6 Å². The van der Waals surface area contributed by atoms with Gasteiger partial charge in [-0.15, -0.1) is 11.3 Å². The van der Waals surface area contributed by atoms with E-state index in [2.05, 4.69) is 5.16 Å². The summed E-state index contributed by atoms with van der Waals surface area (Å²) in [4.78, 5) is 1.29. The van der Waals surface area contributed by atoms with Gasteiger partial charge in [0.25, 0.3) is 10.0 Å². The van der Waals surface area contributed by atoms with Crippen LogP contribution >= 0.6 is 11.3 Å². The van der Waals surface area contributed by atoms with Crippen molar-refractivity contribution in [3.8, 4) is 11.5 Å². The standard InChI is InChI=1S/C16H17N3O4S2/c20-25(21,16-4-2-10-24-16)19-7-5-18(6-8-19)12-13-11-15(23-17-13)14-3-1-9-22-14/h1-4,9-11H,5-8,12H2/p+1. The molecule has 1 fully saturated rings. The highest BCUT2D eigenvalue weighted by Crippen LogP contribution is 2.21. The van der Waals surface area contributed by atoms with Gasteiger partial charge in [0, 0.05) is 6.07 Å². The first-order chi connectivity index (χ1) is 12.1. The van der Waals surface area contributed by atoms with Crippen molar-refractivity contribution in [2.75, 3.05) is 26.2 Å². The summed E-state index contributed by atoms with van der Waals surface area (Å²) in [6.45, 7) is 3.22. The molecular formula is C16H18N3O4S2+. The number of nitrogens with one attached hydrogen (secondary N) is 1. The van der Waals surface area contributed by atoms with Crippen molar-refractivity contribution >= 4 is 21.4 Å². The molecule has 7 nitrogen and oxygen atoms in total. The average molecular weight is 380 g/mol. The van der Waals surface area contributed by atoms with Gasteiger partial charge in [0.05, 0.1) is 32.4 Å². The van der Waals surface area contributed by atoms with Crippen LogP contribution in [0.3, 0.4) is 0 Å². The second kappa shape index (κ2) is 6.75. The summed E-state index contributed by atoms with van der Waals surface area (Å²) in [6, 6.07) is 8.92. The molecule has 0 amide bonds. The maximum atomic E-state index is 12.5. The topological polar surface area (TPSA) is 81.0 Å². The second-order valence-corrected chi connectivity index (χ2v) is 9.04. The van der Waals surface area contributed by atoms with Crippen LogP contribution in [0.2, 0.25) is 0 Å². The van der Waals surface area contributed by atoms with Gasteiger partial charge >= 0.3 is 0 Å². The Morgan fingerprint density at radius 3 is 2.72 bits per heavy atom. The summed E-state index contributed by atoms with van der Waals surface area (Å²) in [5.41, 5.74) is 0.843. The van der Waals surface area contributed by atoms with Crippen molar-refractivity contribution in [2.45, 2.75) is 10.8 Å². The Labute approximate surface area is 149 Å². The Kier molecular flexibility index (Phi) is 4.46. The molecule has 1 saturated heterocycles. The van der Waals surface area contributed by atoms with Crippen LogP contribution in [-0.4, -0.2) is 44.1 Å². The number of nitrogens with zero attached hydrogens (tertiary/aromatic N) is 2. The van der Waals surface area contributed by atoms with Crippen molar-refractivity contribution in [1.29, 1.82) is 0 Å². The van der Waals surface area contributed by atoms with E-state index in [1.54, 1.807) is 34.1 Å². The lowest BCUT2D eigenvalue weighted by atomic mass is 10.3. The highest BCUT2D eigenvalue weighted by atomic mass is 32.2. The fraction of sp³-hybridized carbons (Fsp3) is 0.312. The summed E-state index contributed by atoms with van der Waals surface area (Å²) < 4.78 is 37.7. The van der Waals surface area contributed by atoms with Crippen molar-refractivity contribution < 1.29 is 22.3 Å². The van der Waals surface area contributed by atoms with Gasteiger partial charge < -0.3 is 13.8 Å². The van der Waals surface area contributed by atoms with Crippen molar-refractivity contribution in [3.63, 3.8) is 0 Å². The van der Waals surface area contributed by atoms with Crippen molar-refractivity contribution in [2.24, 2.45) is 0 Å². The van der Waals surface area contributed by atoms with E-state index in [1.807, 2.05) is 12.1 Å². The van der Waals surface area contributed by atoms with Crippen LogP contribution < -0.4 is 4.90 Å². The molecular weight excluding hydrogens is 362 g/mol. The molecule has 0 saturated carbocycles. The number of aromatic nitrogens is 1. The van der Waals surface area contributed by atoms with Crippen LogP contribution in [0.15, 0.2) is 55.1 Å². The lowest BCUT2D eigenvalue weighted by Crippen LogP contribution is -3.13. The SMILES string of the molecule is O=S(=O)(c1cccs1)N1CC[NH+](Cc2cc(-c3ccco3)on2)CC1. The lowest BCUT2D eigenvalue weighted by Gasteiger charge is -2.30. The van der Waals surface area contributed by atoms with E-state index in [9.17, 15) is 8.42 Å². The lowest BCUT2D eigenvalue weighted by molar-refractivity contribution is -0.917. The Hall–Kier alpha value is -1.94. The van der Waals surface area contributed by atoms with E-state index in [1.165, 1.54) is 16.2 Å². The number of thiophene rings is 1. The molecule has 1 N–H and O–H groups in total. The molecule has 0 spiro atoms. The summed E-state index contributed by atoms with van der Waals surface area (Å²) in [6.07, 6.45) is 1.59. The van der Waals surface area contributed by atoms with Gasteiger partial charge in [-0.3, -0.25) is 0 Å². The Morgan fingerprint density at radius 2 is 2.04 bits per heavy atom. The maximum absolute atomic E-state index is 12.5. The molecule has 25 heavy (non-hydrogen) atoms. The molecule has 0 aliphatic carbocycles. The molecule has 9 heteroatoms. The normalized spacial score (nSPS) is 17.1.